The van der Waals surface area contributed by atoms with Gasteiger partial charge in [0.05, 0.1) is 31.9 Å². The fraction of sp³-hybridized carbons (Fsp3) is 0.409. The van der Waals surface area contributed by atoms with Crippen LogP contribution in [0, 0.1) is 0 Å². The molecule has 0 radical (unpaired) electrons. The Morgan fingerprint density at radius 1 is 1.20 bits per heavy atom. The number of nitrogens with zero attached hydrogens (tertiary/aromatic N) is 2. The molecule has 0 spiro atoms. The SMILES string of the molecule is CC(C)Oc1ccc(NC(N)=NCC(c2cccc(Cl)c2)N2CCOCC2)cc1.I. The van der Waals surface area contributed by atoms with Crippen LogP contribution in [-0.2, 0) is 4.74 Å². The molecule has 0 aromatic heterocycles. The summed E-state index contributed by atoms with van der Waals surface area (Å²) in [6, 6.07) is 15.7. The van der Waals surface area contributed by atoms with Crippen molar-refractivity contribution in [1.29, 1.82) is 0 Å². The molecule has 1 atom stereocenters. The van der Waals surface area contributed by atoms with Crippen molar-refractivity contribution in [2.75, 3.05) is 38.2 Å². The molecule has 3 N–H and O–H groups in total. The van der Waals surface area contributed by atoms with Crippen LogP contribution in [0.1, 0.15) is 25.5 Å². The maximum atomic E-state index is 6.22. The van der Waals surface area contributed by atoms with Crippen LogP contribution < -0.4 is 15.8 Å². The van der Waals surface area contributed by atoms with E-state index in [1.54, 1.807) is 0 Å². The minimum Gasteiger partial charge on any atom is -0.491 e. The van der Waals surface area contributed by atoms with Crippen molar-refractivity contribution in [2.45, 2.75) is 26.0 Å². The fourth-order valence-corrected chi connectivity index (χ4v) is 3.49. The molecule has 6 nitrogen and oxygen atoms in total. The highest BCUT2D eigenvalue weighted by Gasteiger charge is 2.22. The van der Waals surface area contributed by atoms with Crippen molar-refractivity contribution >= 4 is 47.2 Å². The first kappa shape index (κ1) is 24.7. The monoisotopic (exact) mass is 544 g/mol. The molecule has 8 heteroatoms. The summed E-state index contributed by atoms with van der Waals surface area (Å²) in [6.45, 7) is 7.70. The van der Waals surface area contributed by atoms with Gasteiger partial charge in [0.25, 0.3) is 0 Å². The normalized spacial score (nSPS) is 16.1. The first-order valence-corrected chi connectivity index (χ1v) is 10.3. The zero-order valence-electron chi connectivity index (χ0n) is 17.4. The number of benzene rings is 2. The second kappa shape index (κ2) is 12.3. The van der Waals surface area contributed by atoms with Crippen LogP contribution in [0.2, 0.25) is 5.02 Å². The third kappa shape index (κ3) is 7.61. The van der Waals surface area contributed by atoms with E-state index >= 15 is 0 Å². The summed E-state index contributed by atoms with van der Waals surface area (Å²) in [5, 5.41) is 3.87. The van der Waals surface area contributed by atoms with Crippen molar-refractivity contribution in [3.63, 3.8) is 0 Å². The van der Waals surface area contributed by atoms with E-state index in [-0.39, 0.29) is 36.1 Å². The van der Waals surface area contributed by atoms with E-state index in [0.717, 1.165) is 48.3 Å². The van der Waals surface area contributed by atoms with Crippen molar-refractivity contribution in [3.8, 4) is 5.75 Å². The summed E-state index contributed by atoms with van der Waals surface area (Å²) < 4.78 is 11.2. The molecular weight excluding hydrogens is 515 g/mol. The minimum absolute atomic E-state index is 0. The average molecular weight is 545 g/mol. The summed E-state index contributed by atoms with van der Waals surface area (Å²) in [4.78, 5) is 6.96. The summed E-state index contributed by atoms with van der Waals surface area (Å²) in [7, 11) is 0. The average Bonchev–Trinajstić information content (AvgIpc) is 2.70. The Labute approximate surface area is 200 Å². The summed E-state index contributed by atoms with van der Waals surface area (Å²) >= 11 is 6.22. The van der Waals surface area contributed by atoms with E-state index in [1.807, 2.05) is 56.3 Å². The largest absolute Gasteiger partial charge is 0.491 e. The van der Waals surface area contributed by atoms with Gasteiger partial charge in [-0.3, -0.25) is 9.89 Å². The highest BCUT2D eigenvalue weighted by molar-refractivity contribution is 14.0. The van der Waals surface area contributed by atoms with Gasteiger partial charge in [0, 0.05) is 23.8 Å². The topological polar surface area (TPSA) is 72.1 Å². The lowest BCUT2D eigenvalue weighted by Crippen LogP contribution is -2.40. The molecule has 1 aliphatic rings. The number of rotatable bonds is 7. The lowest BCUT2D eigenvalue weighted by atomic mass is 10.0. The Balaban J connectivity index is 0.00000320. The van der Waals surface area contributed by atoms with Crippen LogP contribution in [0.15, 0.2) is 53.5 Å². The summed E-state index contributed by atoms with van der Waals surface area (Å²) in [5.74, 6) is 1.21. The van der Waals surface area contributed by atoms with Crippen LogP contribution in [0.3, 0.4) is 0 Å². The predicted molar refractivity (Wildman–Crippen MR) is 134 cm³/mol. The first-order chi connectivity index (χ1) is 14.0. The number of nitrogens with two attached hydrogens (primary N) is 1. The molecule has 1 unspecified atom stereocenters. The van der Waals surface area contributed by atoms with Crippen LogP contribution in [-0.4, -0.2) is 49.8 Å². The number of nitrogens with one attached hydrogen (secondary N) is 1. The van der Waals surface area contributed by atoms with Gasteiger partial charge in [0.2, 0.25) is 0 Å². The third-order valence-electron chi connectivity index (χ3n) is 4.65. The van der Waals surface area contributed by atoms with Gasteiger partial charge in [-0.2, -0.15) is 0 Å². The lowest BCUT2D eigenvalue weighted by Gasteiger charge is -2.34. The number of halogens is 2. The second-order valence-electron chi connectivity index (χ2n) is 7.26. The number of anilines is 1. The zero-order chi connectivity index (χ0) is 20.6. The van der Waals surface area contributed by atoms with Gasteiger partial charge in [-0.25, -0.2) is 0 Å². The van der Waals surface area contributed by atoms with Gasteiger partial charge in [0.1, 0.15) is 5.75 Å². The highest BCUT2D eigenvalue weighted by Crippen LogP contribution is 2.25. The Hall–Kier alpha value is -1.55. The predicted octanol–water partition coefficient (Wildman–Crippen LogP) is 4.55. The van der Waals surface area contributed by atoms with Crippen molar-refractivity contribution < 1.29 is 9.47 Å². The number of guanidine groups is 1. The van der Waals surface area contributed by atoms with E-state index in [0.29, 0.717) is 12.5 Å². The molecule has 30 heavy (non-hydrogen) atoms. The standard InChI is InChI=1S/C22H29ClN4O2.HI/c1-16(2)29-20-8-6-19(7-9-20)26-22(24)25-15-21(27-10-12-28-13-11-27)17-4-3-5-18(23)14-17;/h3-9,14,16,21H,10-13,15H2,1-2H3,(H3,24,25,26);1H. The van der Waals surface area contributed by atoms with E-state index in [1.165, 1.54) is 0 Å². The number of morpholine rings is 1. The maximum absolute atomic E-state index is 6.22. The van der Waals surface area contributed by atoms with E-state index in [2.05, 4.69) is 21.3 Å². The summed E-state index contributed by atoms with van der Waals surface area (Å²) in [6.07, 6.45) is 0.143. The molecule has 1 heterocycles. The highest BCUT2D eigenvalue weighted by atomic mass is 127. The van der Waals surface area contributed by atoms with Crippen molar-refractivity contribution in [3.05, 3.63) is 59.1 Å². The van der Waals surface area contributed by atoms with Gasteiger partial charge in [-0.05, 0) is 55.8 Å². The Kier molecular flexibility index (Phi) is 10.2. The van der Waals surface area contributed by atoms with Crippen LogP contribution in [0.4, 0.5) is 5.69 Å². The summed E-state index contributed by atoms with van der Waals surface area (Å²) in [5.41, 5.74) is 8.15. The number of hydrogen-bond donors (Lipinski definition) is 2. The first-order valence-electron chi connectivity index (χ1n) is 9.92. The Bertz CT molecular complexity index is 811. The maximum Gasteiger partial charge on any atom is 0.193 e. The Morgan fingerprint density at radius 3 is 2.53 bits per heavy atom. The molecule has 1 saturated heterocycles. The zero-order valence-corrected chi connectivity index (χ0v) is 20.5. The van der Waals surface area contributed by atoms with Crippen molar-refractivity contribution in [2.24, 2.45) is 10.7 Å². The van der Waals surface area contributed by atoms with E-state index in [9.17, 15) is 0 Å². The van der Waals surface area contributed by atoms with Crippen LogP contribution in [0.25, 0.3) is 0 Å². The molecule has 0 saturated carbocycles. The smallest absolute Gasteiger partial charge is 0.193 e. The van der Waals surface area contributed by atoms with E-state index < -0.39 is 0 Å². The third-order valence-corrected chi connectivity index (χ3v) is 4.89. The van der Waals surface area contributed by atoms with Crippen molar-refractivity contribution in [1.82, 2.24) is 4.90 Å². The molecule has 2 aromatic rings. The van der Waals surface area contributed by atoms with Gasteiger partial charge < -0.3 is 20.5 Å². The molecule has 2 aromatic carbocycles. The quantitative estimate of drug-likeness (QED) is 0.304. The molecule has 3 rings (SSSR count). The molecule has 1 fully saturated rings. The second-order valence-corrected chi connectivity index (χ2v) is 7.70. The van der Waals surface area contributed by atoms with E-state index in [4.69, 9.17) is 26.8 Å². The van der Waals surface area contributed by atoms with Crippen LogP contribution >= 0.6 is 35.6 Å². The molecule has 0 amide bonds. The van der Waals surface area contributed by atoms with Gasteiger partial charge in [0.15, 0.2) is 5.96 Å². The molecule has 164 valence electrons. The van der Waals surface area contributed by atoms with Gasteiger partial charge >= 0.3 is 0 Å². The Morgan fingerprint density at radius 2 is 1.90 bits per heavy atom. The molecule has 0 bridgehead atoms. The number of hydrogen-bond acceptors (Lipinski definition) is 4. The van der Waals surface area contributed by atoms with Gasteiger partial charge in [-0.1, -0.05) is 23.7 Å². The fourth-order valence-electron chi connectivity index (χ4n) is 3.30. The van der Waals surface area contributed by atoms with Gasteiger partial charge in [-0.15, -0.1) is 24.0 Å². The molecule has 0 aliphatic carbocycles. The lowest BCUT2D eigenvalue weighted by molar-refractivity contribution is 0.0180. The minimum atomic E-state index is 0. The number of ether oxygens (including phenoxy) is 2. The molecular formula is C22H30ClIN4O2. The van der Waals surface area contributed by atoms with Crippen LogP contribution in [0.5, 0.6) is 5.75 Å². The number of aliphatic imine (C=N–C) groups is 1. The molecule has 1 aliphatic heterocycles.